The number of hydrogen-bond donors (Lipinski definition) is 0. The highest BCUT2D eigenvalue weighted by Crippen LogP contribution is 2.26. The minimum absolute atomic E-state index is 0.184. The summed E-state index contributed by atoms with van der Waals surface area (Å²) in [7, 11) is 3.15. The van der Waals surface area contributed by atoms with Gasteiger partial charge in [-0.3, -0.25) is 4.79 Å². The standard InChI is InChI=1S/C23H20N2O3/c1-27-20-14-13-17(15-21(20)28-2)16-24-25-22(18-9-5-3-6-10-18)23(26)19-11-7-4-8-12-19/h3-16H,1-2H3/b24-16-,25-22-. The first-order chi connectivity index (χ1) is 13.7. The first kappa shape index (κ1) is 19.0. The van der Waals surface area contributed by atoms with Gasteiger partial charge in [0, 0.05) is 11.1 Å². The third kappa shape index (κ3) is 4.51. The molecule has 0 aliphatic heterocycles. The van der Waals surface area contributed by atoms with Crippen LogP contribution < -0.4 is 9.47 Å². The molecule has 0 aliphatic carbocycles. The molecule has 0 heterocycles. The average molecular weight is 372 g/mol. The Hall–Kier alpha value is -3.73. The Morgan fingerprint density at radius 2 is 1.39 bits per heavy atom. The zero-order chi connectivity index (χ0) is 19.8. The Morgan fingerprint density at radius 1 is 0.786 bits per heavy atom. The van der Waals surface area contributed by atoms with Crippen LogP contribution in [0.1, 0.15) is 21.5 Å². The summed E-state index contributed by atoms with van der Waals surface area (Å²) >= 11 is 0. The molecule has 0 saturated carbocycles. The second-order valence-corrected chi connectivity index (χ2v) is 5.87. The van der Waals surface area contributed by atoms with Crippen molar-refractivity contribution in [3.63, 3.8) is 0 Å². The second kappa shape index (κ2) is 9.28. The van der Waals surface area contributed by atoms with E-state index >= 15 is 0 Å². The van der Waals surface area contributed by atoms with Crippen LogP contribution in [0.4, 0.5) is 0 Å². The zero-order valence-corrected chi connectivity index (χ0v) is 15.7. The lowest BCUT2D eigenvalue weighted by atomic mass is 10.0. The number of nitrogens with zero attached hydrogens (tertiary/aromatic N) is 2. The number of ether oxygens (including phenoxy) is 2. The molecular formula is C23H20N2O3. The van der Waals surface area contributed by atoms with Crippen molar-refractivity contribution in [3.05, 3.63) is 95.6 Å². The van der Waals surface area contributed by atoms with Crippen molar-refractivity contribution < 1.29 is 14.3 Å². The lowest BCUT2D eigenvalue weighted by Crippen LogP contribution is -2.15. The van der Waals surface area contributed by atoms with Gasteiger partial charge in [-0.05, 0) is 23.8 Å². The molecule has 0 amide bonds. The van der Waals surface area contributed by atoms with Crippen LogP contribution in [0.15, 0.2) is 89.1 Å². The van der Waals surface area contributed by atoms with Crippen LogP contribution in [0.5, 0.6) is 11.5 Å². The number of hydrogen-bond acceptors (Lipinski definition) is 5. The van der Waals surface area contributed by atoms with Crippen molar-refractivity contribution in [1.82, 2.24) is 0 Å². The summed E-state index contributed by atoms with van der Waals surface area (Å²) in [5, 5.41) is 8.37. The maximum atomic E-state index is 12.9. The van der Waals surface area contributed by atoms with Crippen LogP contribution >= 0.6 is 0 Å². The van der Waals surface area contributed by atoms with Crippen molar-refractivity contribution in [1.29, 1.82) is 0 Å². The van der Waals surface area contributed by atoms with E-state index in [0.717, 1.165) is 5.56 Å². The summed E-state index contributed by atoms with van der Waals surface area (Å²) in [6.45, 7) is 0. The number of benzene rings is 3. The lowest BCUT2D eigenvalue weighted by Gasteiger charge is -2.07. The molecule has 0 radical (unpaired) electrons. The SMILES string of the molecule is COc1ccc(/C=N\N=C(/C(=O)c2ccccc2)c2ccccc2)cc1OC. The van der Waals surface area contributed by atoms with Crippen molar-refractivity contribution in [2.75, 3.05) is 14.2 Å². The number of Topliss-reactive ketones (excluding diaryl/α,β-unsaturated/α-hetero) is 1. The van der Waals surface area contributed by atoms with Gasteiger partial charge in [0.05, 0.1) is 20.4 Å². The quantitative estimate of drug-likeness (QED) is 0.351. The minimum Gasteiger partial charge on any atom is -0.493 e. The van der Waals surface area contributed by atoms with Crippen LogP contribution in [0.3, 0.4) is 0 Å². The highest BCUT2D eigenvalue weighted by atomic mass is 16.5. The van der Waals surface area contributed by atoms with E-state index in [1.807, 2.05) is 54.6 Å². The molecule has 3 aromatic rings. The van der Waals surface area contributed by atoms with Crippen molar-refractivity contribution >= 4 is 17.7 Å². The van der Waals surface area contributed by atoms with Crippen molar-refractivity contribution in [2.24, 2.45) is 10.2 Å². The van der Waals surface area contributed by atoms with E-state index in [1.165, 1.54) is 0 Å². The van der Waals surface area contributed by atoms with E-state index < -0.39 is 0 Å². The maximum Gasteiger partial charge on any atom is 0.213 e. The molecule has 0 aliphatic rings. The fraction of sp³-hybridized carbons (Fsp3) is 0.0870. The van der Waals surface area contributed by atoms with Gasteiger partial charge in [0.25, 0.3) is 0 Å². The van der Waals surface area contributed by atoms with E-state index in [-0.39, 0.29) is 11.5 Å². The zero-order valence-electron chi connectivity index (χ0n) is 15.7. The predicted octanol–water partition coefficient (Wildman–Crippen LogP) is 4.41. The summed E-state index contributed by atoms with van der Waals surface area (Å²) in [5.41, 5.74) is 2.33. The van der Waals surface area contributed by atoms with Crippen LogP contribution in [0.25, 0.3) is 0 Å². The minimum atomic E-state index is -0.184. The Balaban J connectivity index is 1.94. The highest BCUT2D eigenvalue weighted by molar-refractivity contribution is 6.51. The third-order valence-electron chi connectivity index (χ3n) is 4.07. The number of carbonyl (C=O) groups excluding carboxylic acids is 1. The van der Waals surface area contributed by atoms with Crippen molar-refractivity contribution in [3.8, 4) is 11.5 Å². The van der Waals surface area contributed by atoms with Gasteiger partial charge >= 0.3 is 0 Å². The summed E-state index contributed by atoms with van der Waals surface area (Å²) in [6, 6.07) is 23.7. The average Bonchev–Trinajstić information content (AvgIpc) is 2.77. The first-order valence-electron chi connectivity index (χ1n) is 8.71. The maximum absolute atomic E-state index is 12.9. The molecule has 0 atom stereocenters. The predicted molar refractivity (Wildman–Crippen MR) is 111 cm³/mol. The third-order valence-corrected chi connectivity index (χ3v) is 4.07. The van der Waals surface area contributed by atoms with Gasteiger partial charge in [-0.2, -0.15) is 5.10 Å². The van der Waals surface area contributed by atoms with E-state index in [2.05, 4.69) is 10.2 Å². The normalized spacial score (nSPS) is 11.4. The van der Waals surface area contributed by atoms with Crippen LogP contribution in [0, 0.1) is 0 Å². The van der Waals surface area contributed by atoms with E-state index in [4.69, 9.17) is 9.47 Å². The van der Waals surface area contributed by atoms with Crippen LogP contribution in [-0.4, -0.2) is 31.9 Å². The van der Waals surface area contributed by atoms with E-state index in [9.17, 15) is 4.79 Å². The van der Waals surface area contributed by atoms with Gasteiger partial charge in [0.1, 0.15) is 5.71 Å². The highest BCUT2D eigenvalue weighted by Gasteiger charge is 2.16. The van der Waals surface area contributed by atoms with Crippen molar-refractivity contribution in [2.45, 2.75) is 0 Å². The monoisotopic (exact) mass is 372 g/mol. The van der Waals surface area contributed by atoms with Gasteiger partial charge in [-0.15, -0.1) is 5.10 Å². The van der Waals surface area contributed by atoms with Gasteiger partial charge in [-0.25, -0.2) is 0 Å². The lowest BCUT2D eigenvalue weighted by molar-refractivity contribution is 0.106. The molecule has 0 fully saturated rings. The molecule has 28 heavy (non-hydrogen) atoms. The summed E-state index contributed by atoms with van der Waals surface area (Å²) in [4.78, 5) is 12.9. The molecule has 140 valence electrons. The molecule has 0 unspecified atom stereocenters. The molecule has 0 N–H and O–H groups in total. The van der Waals surface area contributed by atoms with Gasteiger partial charge in [-0.1, -0.05) is 60.7 Å². The number of rotatable bonds is 7. The summed E-state index contributed by atoms with van der Waals surface area (Å²) < 4.78 is 10.5. The number of carbonyl (C=O) groups is 1. The Kier molecular flexibility index (Phi) is 6.31. The number of methoxy groups -OCH3 is 2. The second-order valence-electron chi connectivity index (χ2n) is 5.87. The molecule has 0 aromatic heterocycles. The van der Waals surface area contributed by atoms with E-state index in [1.54, 1.807) is 44.7 Å². The molecule has 0 spiro atoms. The van der Waals surface area contributed by atoms with Gasteiger partial charge < -0.3 is 9.47 Å². The fourth-order valence-electron chi connectivity index (χ4n) is 2.64. The van der Waals surface area contributed by atoms with Crippen LogP contribution in [0.2, 0.25) is 0 Å². The smallest absolute Gasteiger partial charge is 0.213 e. The molecule has 0 bridgehead atoms. The first-order valence-corrected chi connectivity index (χ1v) is 8.71. The Labute approximate surface area is 164 Å². The summed E-state index contributed by atoms with van der Waals surface area (Å²) in [6.07, 6.45) is 1.57. The molecule has 3 aromatic carbocycles. The van der Waals surface area contributed by atoms with Crippen LogP contribution in [-0.2, 0) is 0 Å². The topological polar surface area (TPSA) is 60.2 Å². The molecule has 5 nitrogen and oxygen atoms in total. The largest absolute Gasteiger partial charge is 0.493 e. The Bertz CT molecular complexity index is 997. The van der Waals surface area contributed by atoms with E-state index in [0.29, 0.717) is 22.6 Å². The Morgan fingerprint density at radius 3 is 2.00 bits per heavy atom. The summed E-state index contributed by atoms with van der Waals surface area (Å²) in [5.74, 6) is 1.04. The van der Waals surface area contributed by atoms with Gasteiger partial charge in [0.15, 0.2) is 11.5 Å². The fourth-order valence-corrected chi connectivity index (χ4v) is 2.64. The molecular weight excluding hydrogens is 352 g/mol. The molecule has 0 saturated heterocycles. The molecule has 5 heteroatoms. The van der Waals surface area contributed by atoms with Gasteiger partial charge in [0.2, 0.25) is 5.78 Å². The molecule has 3 rings (SSSR count). The number of ketones is 1.